The van der Waals surface area contributed by atoms with E-state index in [4.69, 9.17) is 0 Å². The first kappa shape index (κ1) is 37.4. The van der Waals surface area contributed by atoms with Gasteiger partial charge in [-0.2, -0.15) is 0 Å². The number of nitrogens with one attached hydrogen (secondary N) is 1. The predicted octanol–water partition coefficient (Wildman–Crippen LogP) is 9.79. The molecule has 0 bridgehead atoms. The normalized spacial score (nSPS) is 13.9. The first-order valence-electron chi connectivity index (χ1n) is 17.2. The van der Waals surface area contributed by atoms with Crippen LogP contribution in [0.15, 0.2) is 0 Å². The Balaban J connectivity index is 3.55. The van der Waals surface area contributed by atoms with Crippen molar-refractivity contribution in [3.8, 4) is 0 Å². The lowest BCUT2D eigenvalue weighted by Gasteiger charge is -2.22. The fourth-order valence-electron chi connectivity index (χ4n) is 5.37. The van der Waals surface area contributed by atoms with Crippen molar-refractivity contribution >= 4 is 5.91 Å². The van der Waals surface area contributed by atoms with Crippen molar-refractivity contribution in [1.29, 1.82) is 0 Å². The summed E-state index contributed by atoms with van der Waals surface area (Å²) in [5, 5.41) is 23.7. The Morgan fingerprint density at radius 2 is 0.895 bits per heavy atom. The van der Waals surface area contributed by atoms with Gasteiger partial charge in [0.05, 0.1) is 18.2 Å². The fraction of sp³-hybridized carbons (Fsp3) is 0.971. The molecule has 0 aromatic rings. The number of carbonyl (C=O) groups is 1. The lowest BCUT2D eigenvalue weighted by molar-refractivity contribution is -0.122. The molecule has 4 nitrogen and oxygen atoms in total. The highest BCUT2D eigenvalue weighted by Gasteiger charge is 2.19. The van der Waals surface area contributed by atoms with Gasteiger partial charge in [-0.25, -0.2) is 0 Å². The highest BCUT2D eigenvalue weighted by Crippen LogP contribution is 2.15. The Labute approximate surface area is 238 Å². The highest BCUT2D eigenvalue weighted by molar-refractivity contribution is 5.76. The molecule has 0 aromatic carbocycles. The van der Waals surface area contributed by atoms with E-state index in [1.165, 1.54) is 128 Å². The summed E-state index contributed by atoms with van der Waals surface area (Å²) < 4.78 is 0. The highest BCUT2D eigenvalue weighted by atomic mass is 16.3. The Morgan fingerprint density at radius 3 is 1.29 bits per heavy atom. The van der Waals surface area contributed by atoms with Crippen molar-refractivity contribution in [3.05, 3.63) is 0 Å². The van der Waals surface area contributed by atoms with Crippen LogP contribution in [0.1, 0.15) is 194 Å². The molecule has 0 saturated carbocycles. The van der Waals surface area contributed by atoms with Crippen molar-refractivity contribution in [2.45, 2.75) is 212 Å². The minimum Gasteiger partial charge on any atom is -0.393 e. The van der Waals surface area contributed by atoms with Gasteiger partial charge in [-0.3, -0.25) is 4.79 Å². The standard InChI is InChI=1S/C34H69NO3/c1-4-6-8-10-12-14-16-17-19-21-23-25-27-29-34(38)35-31(3)33(37)30-32(36)28-26-24-22-20-18-15-13-11-9-7-5-2/h31-33,36-37H,4-30H2,1-3H3,(H,35,38)/t31-,32-,33+/m0/s1. The van der Waals surface area contributed by atoms with Crippen LogP contribution in [0.2, 0.25) is 0 Å². The molecule has 3 N–H and O–H groups in total. The van der Waals surface area contributed by atoms with E-state index in [0.717, 1.165) is 32.1 Å². The summed E-state index contributed by atoms with van der Waals surface area (Å²) in [7, 11) is 0. The second-order valence-corrected chi connectivity index (χ2v) is 12.1. The summed E-state index contributed by atoms with van der Waals surface area (Å²) in [6.45, 7) is 6.38. The van der Waals surface area contributed by atoms with Crippen LogP contribution in [0.5, 0.6) is 0 Å². The van der Waals surface area contributed by atoms with Crippen LogP contribution in [-0.4, -0.2) is 34.4 Å². The van der Waals surface area contributed by atoms with Gasteiger partial charge < -0.3 is 15.5 Å². The van der Waals surface area contributed by atoms with Crippen LogP contribution in [-0.2, 0) is 4.79 Å². The van der Waals surface area contributed by atoms with E-state index in [0.29, 0.717) is 12.8 Å². The van der Waals surface area contributed by atoms with Gasteiger partial charge in [0.25, 0.3) is 0 Å². The van der Waals surface area contributed by atoms with Crippen LogP contribution < -0.4 is 5.32 Å². The number of hydrogen-bond acceptors (Lipinski definition) is 3. The zero-order valence-electron chi connectivity index (χ0n) is 26.1. The maximum Gasteiger partial charge on any atom is 0.220 e. The lowest BCUT2D eigenvalue weighted by Crippen LogP contribution is -2.42. The van der Waals surface area contributed by atoms with Crippen molar-refractivity contribution in [2.24, 2.45) is 0 Å². The molecule has 0 spiro atoms. The van der Waals surface area contributed by atoms with Gasteiger partial charge in [0.15, 0.2) is 0 Å². The van der Waals surface area contributed by atoms with E-state index < -0.39 is 12.2 Å². The van der Waals surface area contributed by atoms with Crippen LogP contribution in [0.3, 0.4) is 0 Å². The molecule has 228 valence electrons. The van der Waals surface area contributed by atoms with Crippen molar-refractivity contribution in [3.63, 3.8) is 0 Å². The molecule has 0 aromatic heterocycles. The smallest absolute Gasteiger partial charge is 0.220 e. The zero-order valence-corrected chi connectivity index (χ0v) is 26.1. The van der Waals surface area contributed by atoms with Crippen LogP contribution in [0.25, 0.3) is 0 Å². The number of carbonyl (C=O) groups excluding carboxylic acids is 1. The molecule has 0 radical (unpaired) electrons. The summed E-state index contributed by atoms with van der Waals surface area (Å²) >= 11 is 0. The van der Waals surface area contributed by atoms with E-state index >= 15 is 0 Å². The zero-order chi connectivity index (χ0) is 28.1. The minimum absolute atomic E-state index is 0.0273. The van der Waals surface area contributed by atoms with Crippen LogP contribution in [0.4, 0.5) is 0 Å². The minimum atomic E-state index is -0.687. The van der Waals surface area contributed by atoms with Gasteiger partial charge in [-0.15, -0.1) is 0 Å². The first-order chi connectivity index (χ1) is 18.5. The van der Waals surface area contributed by atoms with E-state index in [-0.39, 0.29) is 11.9 Å². The summed E-state index contributed by atoms with van der Waals surface area (Å²) in [5.74, 6) is 0.0273. The van der Waals surface area contributed by atoms with Gasteiger partial charge in [-0.05, 0) is 19.8 Å². The number of hydrogen-bond donors (Lipinski definition) is 3. The largest absolute Gasteiger partial charge is 0.393 e. The Morgan fingerprint density at radius 1 is 0.553 bits per heavy atom. The maximum absolute atomic E-state index is 12.2. The maximum atomic E-state index is 12.2. The van der Waals surface area contributed by atoms with Crippen molar-refractivity contribution < 1.29 is 15.0 Å². The number of aliphatic hydroxyl groups is 2. The van der Waals surface area contributed by atoms with Gasteiger partial charge >= 0.3 is 0 Å². The summed E-state index contributed by atoms with van der Waals surface area (Å²) in [6, 6.07) is -0.309. The SMILES string of the molecule is CCCCCCCCCCCCCCCC(=O)N[C@@H](C)[C@H](O)C[C@@H](O)CCCCCCCCCCCCC. The van der Waals surface area contributed by atoms with Gasteiger partial charge in [-0.1, -0.05) is 162 Å². The molecule has 1 amide bonds. The molecule has 4 heteroatoms. The quantitative estimate of drug-likeness (QED) is 0.0795. The summed E-state index contributed by atoms with van der Waals surface area (Å²) in [5.41, 5.74) is 0. The fourth-order valence-corrected chi connectivity index (χ4v) is 5.37. The molecule has 0 aliphatic heterocycles. The van der Waals surface area contributed by atoms with Gasteiger partial charge in [0, 0.05) is 12.8 Å². The summed E-state index contributed by atoms with van der Waals surface area (Å²) in [6.07, 6.45) is 31.7. The molecule has 0 aliphatic carbocycles. The predicted molar refractivity (Wildman–Crippen MR) is 166 cm³/mol. The van der Waals surface area contributed by atoms with Crippen molar-refractivity contribution in [2.75, 3.05) is 0 Å². The van der Waals surface area contributed by atoms with E-state index in [1.54, 1.807) is 0 Å². The summed E-state index contributed by atoms with van der Waals surface area (Å²) in [4.78, 5) is 12.2. The van der Waals surface area contributed by atoms with Gasteiger partial charge in [0.1, 0.15) is 0 Å². The monoisotopic (exact) mass is 540 g/mol. The third kappa shape index (κ3) is 27.0. The number of unbranched alkanes of at least 4 members (excludes halogenated alkanes) is 22. The van der Waals surface area contributed by atoms with Crippen LogP contribution >= 0.6 is 0 Å². The topological polar surface area (TPSA) is 69.6 Å². The lowest BCUT2D eigenvalue weighted by atomic mass is 10.00. The average molecular weight is 540 g/mol. The Bertz CT molecular complexity index is 484. The number of aliphatic hydroxyl groups excluding tert-OH is 2. The third-order valence-electron chi connectivity index (χ3n) is 8.13. The van der Waals surface area contributed by atoms with E-state index in [2.05, 4.69) is 19.2 Å². The second-order valence-electron chi connectivity index (χ2n) is 12.1. The Hall–Kier alpha value is -0.610. The molecule has 0 rings (SSSR count). The van der Waals surface area contributed by atoms with Gasteiger partial charge in [0.2, 0.25) is 5.91 Å². The molecule has 0 fully saturated rings. The molecule has 3 atom stereocenters. The van der Waals surface area contributed by atoms with Crippen molar-refractivity contribution in [1.82, 2.24) is 5.32 Å². The number of rotatable bonds is 30. The second kappa shape index (κ2) is 29.4. The molecule has 0 aliphatic rings. The molecular formula is C34H69NO3. The van der Waals surface area contributed by atoms with E-state index in [1.807, 2.05) is 6.92 Å². The molecule has 38 heavy (non-hydrogen) atoms. The average Bonchev–Trinajstić information content (AvgIpc) is 2.89. The molecule has 0 heterocycles. The molecule has 0 unspecified atom stereocenters. The third-order valence-corrected chi connectivity index (χ3v) is 8.13. The van der Waals surface area contributed by atoms with Crippen LogP contribution in [0, 0.1) is 0 Å². The molecule has 0 saturated heterocycles. The van der Waals surface area contributed by atoms with E-state index in [9.17, 15) is 15.0 Å². The Kier molecular flexibility index (Phi) is 28.9. The molecular weight excluding hydrogens is 470 g/mol. The number of amides is 1. The first-order valence-corrected chi connectivity index (χ1v) is 17.2.